The van der Waals surface area contributed by atoms with Gasteiger partial charge in [0.15, 0.2) is 0 Å². The van der Waals surface area contributed by atoms with Crippen LogP contribution in [0.25, 0.3) is 44.7 Å². The van der Waals surface area contributed by atoms with Gasteiger partial charge in [0.1, 0.15) is 17.2 Å². The third-order valence-electron chi connectivity index (χ3n) is 7.11. The fraction of sp³-hybridized carbons (Fsp3) is 0.207. The molecule has 1 aliphatic rings. The van der Waals surface area contributed by atoms with Gasteiger partial charge in [0, 0.05) is 60.2 Å². The SMILES string of the molecule is CNC(=O)c1c(-c2ccc(F)cc2)oc2cc(N(C)S(C)(=O)=O)c(-c3cncc(-c4cc5n(n4)CCOC5)c3)cc12. The molecule has 41 heavy (non-hydrogen) atoms. The van der Waals surface area contributed by atoms with E-state index >= 15 is 0 Å². The van der Waals surface area contributed by atoms with Gasteiger partial charge in [-0.3, -0.25) is 18.8 Å². The first-order valence-corrected chi connectivity index (χ1v) is 14.6. The number of carbonyl (C=O) groups is 1. The number of rotatable bonds is 6. The average Bonchev–Trinajstić information content (AvgIpc) is 3.57. The number of pyridine rings is 1. The lowest BCUT2D eigenvalue weighted by Gasteiger charge is -2.20. The molecule has 10 nitrogen and oxygen atoms in total. The maximum absolute atomic E-state index is 13.7. The Bertz CT molecular complexity index is 1890. The van der Waals surface area contributed by atoms with Crippen LogP contribution in [0.2, 0.25) is 0 Å². The normalized spacial score (nSPS) is 13.3. The van der Waals surface area contributed by atoms with Crippen molar-refractivity contribution in [3.8, 4) is 33.7 Å². The van der Waals surface area contributed by atoms with Gasteiger partial charge in [-0.25, -0.2) is 12.8 Å². The summed E-state index contributed by atoms with van der Waals surface area (Å²) in [5.41, 5.74) is 4.91. The summed E-state index contributed by atoms with van der Waals surface area (Å²) in [4.78, 5) is 17.6. The number of furan rings is 1. The van der Waals surface area contributed by atoms with Crippen LogP contribution >= 0.6 is 0 Å². The van der Waals surface area contributed by atoms with E-state index in [0.29, 0.717) is 58.8 Å². The monoisotopic (exact) mass is 575 g/mol. The second-order valence-electron chi connectivity index (χ2n) is 9.75. The molecule has 2 aromatic carbocycles. The number of carbonyl (C=O) groups excluding carboxylic acids is 1. The molecular formula is C29H26FN5O5S. The van der Waals surface area contributed by atoms with Crippen LogP contribution in [0.3, 0.4) is 0 Å². The predicted molar refractivity (Wildman–Crippen MR) is 152 cm³/mol. The topological polar surface area (TPSA) is 120 Å². The van der Waals surface area contributed by atoms with Gasteiger partial charge in [0.2, 0.25) is 10.0 Å². The maximum Gasteiger partial charge on any atom is 0.255 e. The number of sulfonamides is 1. The van der Waals surface area contributed by atoms with E-state index in [1.54, 1.807) is 24.5 Å². The van der Waals surface area contributed by atoms with Crippen molar-refractivity contribution in [3.63, 3.8) is 0 Å². The maximum atomic E-state index is 13.7. The first-order valence-electron chi connectivity index (χ1n) is 12.8. The van der Waals surface area contributed by atoms with Crippen LogP contribution in [0.5, 0.6) is 0 Å². The highest BCUT2D eigenvalue weighted by Crippen LogP contribution is 2.41. The van der Waals surface area contributed by atoms with Gasteiger partial charge in [-0.05, 0) is 42.5 Å². The Morgan fingerprint density at radius 1 is 1.07 bits per heavy atom. The molecule has 0 radical (unpaired) electrons. The number of hydrogen-bond donors (Lipinski definition) is 1. The smallest absolute Gasteiger partial charge is 0.255 e. The summed E-state index contributed by atoms with van der Waals surface area (Å²) in [6.07, 6.45) is 4.43. The van der Waals surface area contributed by atoms with Crippen LogP contribution in [0.1, 0.15) is 16.1 Å². The second-order valence-corrected chi connectivity index (χ2v) is 11.8. The average molecular weight is 576 g/mol. The lowest BCUT2D eigenvalue weighted by atomic mass is 9.98. The Kier molecular flexibility index (Phi) is 6.59. The van der Waals surface area contributed by atoms with E-state index in [4.69, 9.17) is 9.15 Å². The third kappa shape index (κ3) is 4.85. The van der Waals surface area contributed by atoms with E-state index in [-0.39, 0.29) is 11.3 Å². The lowest BCUT2D eigenvalue weighted by molar-refractivity contribution is 0.0801. The Hall–Kier alpha value is -4.55. The van der Waals surface area contributed by atoms with E-state index in [1.165, 1.54) is 38.4 Å². The van der Waals surface area contributed by atoms with E-state index in [2.05, 4.69) is 15.4 Å². The second kappa shape index (κ2) is 10.1. The first kappa shape index (κ1) is 26.7. The molecule has 1 amide bonds. The van der Waals surface area contributed by atoms with Crippen molar-refractivity contribution in [1.29, 1.82) is 0 Å². The summed E-state index contributed by atoms with van der Waals surface area (Å²) < 4.78 is 53.8. The molecule has 0 unspecified atom stereocenters. The van der Waals surface area contributed by atoms with Crippen molar-refractivity contribution in [2.45, 2.75) is 13.2 Å². The minimum atomic E-state index is -3.68. The van der Waals surface area contributed by atoms with Gasteiger partial charge in [-0.15, -0.1) is 0 Å². The van der Waals surface area contributed by atoms with Gasteiger partial charge in [0.05, 0.1) is 48.7 Å². The molecule has 1 aliphatic heterocycles. The molecule has 210 valence electrons. The van der Waals surface area contributed by atoms with Crippen molar-refractivity contribution in [3.05, 3.63) is 78.0 Å². The summed E-state index contributed by atoms with van der Waals surface area (Å²) in [6.45, 7) is 1.71. The Morgan fingerprint density at radius 3 is 2.54 bits per heavy atom. The molecule has 0 saturated heterocycles. The molecule has 0 atom stereocenters. The molecule has 3 aromatic heterocycles. The number of aromatic nitrogens is 3. The Labute approximate surface area is 235 Å². The van der Waals surface area contributed by atoms with Gasteiger partial charge >= 0.3 is 0 Å². The zero-order valence-electron chi connectivity index (χ0n) is 22.5. The molecule has 4 heterocycles. The molecular weight excluding hydrogens is 549 g/mol. The molecule has 0 aliphatic carbocycles. The molecule has 0 spiro atoms. The number of ether oxygens (including phenoxy) is 1. The number of hydrogen-bond acceptors (Lipinski definition) is 7. The number of nitrogens with zero attached hydrogens (tertiary/aromatic N) is 4. The molecule has 1 N–H and O–H groups in total. The van der Waals surface area contributed by atoms with Crippen LogP contribution in [-0.4, -0.2) is 56.0 Å². The van der Waals surface area contributed by atoms with Crippen molar-refractivity contribution in [1.82, 2.24) is 20.1 Å². The summed E-state index contributed by atoms with van der Waals surface area (Å²) in [6, 6.07) is 12.7. The highest BCUT2D eigenvalue weighted by molar-refractivity contribution is 7.92. The third-order valence-corrected chi connectivity index (χ3v) is 8.30. The quantitative estimate of drug-likeness (QED) is 0.318. The van der Waals surface area contributed by atoms with Crippen LogP contribution in [0.15, 0.2) is 65.3 Å². The van der Waals surface area contributed by atoms with Gasteiger partial charge in [-0.1, -0.05) is 0 Å². The molecule has 6 rings (SSSR count). The minimum Gasteiger partial charge on any atom is -0.455 e. The fourth-order valence-corrected chi connectivity index (χ4v) is 5.43. The lowest BCUT2D eigenvalue weighted by Crippen LogP contribution is -2.25. The van der Waals surface area contributed by atoms with Crippen LogP contribution in [-0.2, 0) is 27.9 Å². The highest BCUT2D eigenvalue weighted by Gasteiger charge is 2.26. The van der Waals surface area contributed by atoms with Crippen molar-refractivity contribution in [2.24, 2.45) is 0 Å². The predicted octanol–water partition coefficient (Wildman–Crippen LogP) is 4.45. The number of halogens is 1. The molecule has 0 bridgehead atoms. The number of nitrogens with one attached hydrogen (secondary N) is 1. The number of benzene rings is 2. The van der Waals surface area contributed by atoms with Crippen LogP contribution in [0, 0.1) is 5.82 Å². The van der Waals surface area contributed by atoms with E-state index in [9.17, 15) is 17.6 Å². The standard InChI is InChI=1S/C29H26FN5O5S/c1-31-29(36)27-23-12-22(18-10-19(15-32-14-18)24-11-21-16-39-9-8-35(21)33-24)25(34(2)41(3,37)38)13-26(23)40-28(27)17-4-6-20(30)7-5-17/h4-7,10-15H,8-9,16H2,1-3H3,(H,31,36). The summed E-state index contributed by atoms with van der Waals surface area (Å²) >= 11 is 0. The highest BCUT2D eigenvalue weighted by atomic mass is 32.2. The van der Waals surface area contributed by atoms with E-state index < -0.39 is 21.7 Å². The van der Waals surface area contributed by atoms with Crippen LogP contribution in [0.4, 0.5) is 10.1 Å². The van der Waals surface area contributed by atoms with E-state index in [0.717, 1.165) is 21.8 Å². The number of anilines is 1. The largest absolute Gasteiger partial charge is 0.455 e. The number of amides is 1. The van der Waals surface area contributed by atoms with Crippen molar-refractivity contribution >= 4 is 32.6 Å². The van der Waals surface area contributed by atoms with E-state index in [1.807, 2.05) is 16.8 Å². The van der Waals surface area contributed by atoms with Crippen molar-refractivity contribution < 1.29 is 26.8 Å². The zero-order chi connectivity index (χ0) is 28.9. The molecule has 0 fully saturated rings. The Balaban J connectivity index is 1.58. The van der Waals surface area contributed by atoms with Gasteiger partial charge in [0.25, 0.3) is 5.91 Å². The van der Waals surface area contributed by atoms with Gasteiger partial charge < -0.3 is 14.5 Å². The fourth-order valence-electron chi connectivity index (χ4n) is 4.92. The summed E-state index contributed by atoms with van der Waals surface area (Å²) in [5, 5.41) is 7.80. The van der Waals surface area contributed by atoms with Crippen molar-refractivity contribution in [2.75, 3.05) is 31.3 Å². The van der Waals surface area contributed by atoms with Crippen LogP contribution < -0.4 is 9.62 Å². The zero-order valence-corrected chi connectivity index (χ0v) is 23.3. The minimum absolute atomic E-state index is 0.238. The first-order chi connectivity index (χ1) is 19.6. The molecule has 12 heteroatoms. The Morgan fingerprint density at radius 2 is 1.83 bits per heavy atom. The number of fused-ring (bicyclic) bond motifs is 2. The summed E-state index contributed by atoms with van der Waals surface area (Å²) in [5.74, 6) is -0.595. The van der Waals surface area contributed by atoms with Gasteiger partial charge in [-0.2, -0.15) is 5.10 Å². The molecule has 5 aromatic rings. The summed E-state index contributed by atoms with van der Waals surface area (Å²) in [7, 11) is -0.726. The molecule has 0 saturated carbocycles.